The first-order chi connectivity index (χ1) is 8.15. The summed E-state index contributed by atoms with van der Waals surface area (Å²) in [7, 11) is 0. The van der Waals surface area contributed by atoms with Crippen molar-refractivity contribution in [3.8, 4) is 0 Å². The summed E-state index contributed by atoms with van der Waals surface area (Å²) in [5.41, 5.74) is 4.32. The largest absolute Gasteiger partial charge is 0.271 e. The standard InChI is InChI=1S/C11H11F2N3S/c1-6-2-3-7(12)9(10(6)13)11(16-14)8-4-15-5-17-8/h2-5,11,16H,14H2,1H3. The molecule has 1 atom stereocenters. The summed E-state index contributed by atoms with van der Waals surface area (Å²) >= 11 is 1.29. The van der Waals surface area contributed by atoms with Crippen LogP contribution >= 0.6 is 11.3 Å². The van der Waals surface area contributed by atoms with E-state index < -0.39 is 17.7 Å². The van der Waals surface area contributed by atoms with Gasteiger partial charge in [0.2, 0.25) is 0 Å². The molecule has 0 aliphatic carbocycles. The fourth-order valence-corrected chi connectivity index (χ4v) is 2.31. The molecule has 0 saturated heterocycles. The van der Waals surface area contributed by atoms with Gasteiger partial charge in [0.05, 0.1) is 11.6 Å². The SMILES string of the molecule is Cc1ccc(F)c(C(NN)c2cncs2)c1F. The van der Waals surface area contributed by atoms with Gasteiger partial charge in [0.25, 0.3) is 0 Å². The Morgan fingerprint density at radius 2 is 2.18 bits per heavy atom. The number of nitrogens with two attached hydrogens (primary N) is 1. The molecule has 0 aliphatic rings. The van der Waals surface area contributed by atoms with E-state index >= 15 is 0 Å². The predicted octanol–water partition coefficient (Wildman–Crippen LogP) is 2.28. The molecule has 0 bridgehead atoms. The Morgan fingerprint density at radius 1 is 1.41 bits per heavy atom. The first-order valence-corrected chi connectivity index (χ1v) is 5.82. The molecule has 17 heavy (non-hydrogen) atoms. The average Bonchev–Trinajstić information content (AvgIpc) is 2.83. The highest BCUT2D eigenvalue weighted by Gasteiger charge is 2.23. The highest BCUT2D eigenvalue weighted by molar-refractivity contribution is 7.09. The fraction of sp³-hybridized carbons (Fsp3) is 0.182. The van der Waals surface area contributed by atoms with Gasteiger partial charge in [-0.2, -0.15) is 0 Å². The van der Waals surface area contributed by atoms with Crippen LogP contribution in [0, 0.1) is 18.6 Å². The summed E-state index contributed by atoms with van der Waals surface area (Å²) in [6.07, 6.45) is 1.54. The van der Waals surface area contributed by atoms with Crippen LogP contribution in [0.4, 0.5) is 8.78 Å². The molecule has 0 saturated carbocycles. The maximum absolute atomic E-state index is 13.9. The van der Waals surface area contributed by atoms with E-state index in [2.05, 4.69) is 10.4 Å². The molecule has 1 aromatic carbocycles. The minimum atomic E-state index is -0.720. The second kappa shape index (κ2) is 4.87. The van der Waals surface area contributed by atoms with Crippen LogP contribution in [0.15, 0.2) is 23.8 Å². The summed E-state index contributed by atoms with van der Waals surface area (Å²) < 4.78 is 27.6. The molecule has 90 valence electrons. The maximum atomic E-state index is 13.9. The zero-order valence-electron chi connectivity index (χ0n) is 9.08. The number of nitrogens with zero attached hydrogens (tertiary/aromatic N) is 1. The summed E-state index contributed by atoms with van der Waals surface area (Å²) in [6, 6.07) is 1.91. The van der Waals surface area contributed by atoms with Gasteiger partial charge in [-0.1, -0.05) is 6.07 Å². The summed E-state index contributed by atoms with van der Waals surface area (Å²) in [5.74, 6) is 4.18. The second-order valence-electron chi connectivity index (χ2n) is 3.60. The first kappa shape index (κ1) is 12.1. The number of thiazole rings is 1. The Balaban J connectivity index is 2.55. The molecule has 0 spiro atoms. The topological polar surface area (TPSA) is 50.9 Å². The van der Waals surface area contributed by atoms with Gasteiger partial charge in [-0.25, -0.2) is 14.2 Å². The van der Waals surface area contributed by atoms with E-state index in [-0.39, 0.29) is 5.56 Å². The lowest BCUT2D eigenvalue weighted by Gasteiger charge is -2.16. The number of halogens is 2. The third-order valence-corrected chi connectivity index (χ3v) is 3.35. The Hall–Kier alpha value is -1.37. The molecule has 1 heterocycles. The number of aryl methyl sites for hydroxylation is 1. The van der Waals surface area contributed by atoms with E-state index in [1.54, 1.807) is 12.4 Å². The maximum Gasteiger partial charge on any atom is 0.134 e. The number of hydrogen-bond donors (Lipinski definition) is 2. The third kappa shape index (κ3) is 2.19. The van der Waals surface area contributed by atoms with Gasteiger partial charge >= 0.3 is 0 Å². The van der Waals surface area contributed by atoms with Crippen LogP contribution in [0.5, 0.6) is 0 Å². The normalized spacial score (nSPS) is 12.7. The first-order valence-electron chi connectivity index (χ1n) is 4.94. The predicted molar refractivity (Wildman–Crippen MR) is 62.4 cm³/mol. The van der Waals surface area contributed by atoms with Crippen LogP contribution in [-0.2, 0) is 0 Å². The summed E-state index contributed by atoms with van der Waals surface area (Å²) in [6.45, 7) is 1.58. The summed E-state index contributed by atoms with van der Waals surface area (Å²) in [5, 5.41) is 0. The summed E-state index contributed by atoms with van der Waals surface area (Å²) in [4.78, 5) is 4.54. The van der Waals surface area contributed by atoms with Crippen molar-refractivity contribution < 1.29 is 8.78 Å². The fourth-order valence-electron chi connectivity index (χ4n) is 1.62. The molecule has 0 fully saturated rings. The van der Waals surface area contributed by atoms with Gasteiger partial charge in [-0.3, -0.25) is 10.8 Å². The van der Waals surface area contributed by atoms with Crippen molar-refractivity contribution in [2.24, 2.45) is 5.84 Å². The zero-order valence-corrected chi connectivity index (χ0v) is 9.89. The van der Waals surface area contributed by atoms with E-state index in [0.717, 1.165) is 0 Å². The molecule has 0 radical (unpaired) electrons. The van der Waals surface area contributed by atoms with Gasteiger partial charge in [0.1, 0.15) is 11.6 Å². The van der Waals surface area contributed by atoms with Crippen LogP contribution in [0.1, 0.15) is 22.0 Å². The van der Waals surface area contributed by atoms with E-state index in [4.69, 9.17) is 5.84 Å². The molecule has 1 unspecified atom stereocenters. The molecule has 2 rings (SSSR count). The van der Waals surface area contributed by atoms with E-state index in [1.165, 1.54) is 29.7 Å². The highest BCUT2D eigenvalue weighted by Crippen LogP contribution is 2.29. The van der Waals surface area contributed by atoms with Crippen LogP contribution in [0.2, 0.25) is 0 Å². The molecule has 3 N–H and O–H groups in total. The van der Waals surface area contributed by atoms with Crippen molar-refractivity contribution in [3.05, 3.63) is 51.5 Å². The average molecular weight is 255 g/mol. The van der Waals surface area contributed by atoms with Crippen molar-refractivity contribution in [2.45, 2.75) is 13.0 Å². The van der Waals surface area contributed by atoms with E-state index in [0.29, 0.717) is 10.4 Å². The van der Waals surface area contributed by atoms with Crippen molar-refractivity contribution in [3.63, 3.8) is 0 Å². The van der Waals surface area contributed by atoms with Crippen LogP contribution in [0.25, 0.3) is 0 Å². The van der Waals surface area contributed by atoms with Crippen LogP contribution < -0.4 is 11.3 Å². The Labute approximate surface area is 101 Å². The number of nitrogens with one attached hydrogen (secondary N) is 1. The number of hydrogen-bond acceptors (Lipinski definition) is 4. The van der Waals surface area contributed by atoms with Crippen LogP contribution in [-0.4, -0.2) is 4.98 Å². The van der Waals surface area contributed by atoms with Gasteiger partial charge in [-0.05, 0) is 18.6 Å². The Bertz CT molecular complexity index is 514. The molecule has 2 aromatic rings. The van der Waals surface area contributed by atoms with Gasteiger partial charge in [0.15, 0.2) is 0 Å². The van der Waals surface area contributed by atoms with E-state index in [9.17, 15) is 8.78 Å². The van der Waals surface area contributed by atoms with Crippen molar-refractivity contribution >= 4 is 11.3 Å². The van der Waals surface area contributed by atoms with Crippen molar-refractivity contribution in [1.82, 2.24) is 10.4 Å². The minimum absolute atomic E-state index is 0.0725. The minimum Gasteiger partial charge on any atom is -0.271 e. The monoisotopic (exact) mass is 255 g/mol. The van der Waals surface area contributed by atoms with Gasteiger partial charge < -0.3 is 0 Å². The number of benzene rings is 1. The molecule has 6 heteroatoms. The van der Waals surface area contributed by atoms with E-state index in [1.807, 2.05) is 0 Å². The van der Waals surface area contributed by atoms with Crippen molar-refractivity contribution in [2.75, 3.05) is 0 Å². The third-order valence-electron chi connectivity index (χ3n) is 2.51. The smallest absolute Gasteiger partial charge is 0.134 e. The Kier molecular flexibility index (Phi) is 3.46. The van der Waals surface area contributed by atoms with Crippen LogP contribution in [0.3, 0.4) is 0 Å². The lowest BCUT2D eigenvalue weighted by Crippen LogP contribution is -2.30. The highest BCUT2D eigenvalue weighted by atomic mass is 32.1. The number of rotatable bonds is 3. The van der Waals surface area contributed by atoms with Gasteiger partial charge in [0, 0.05) is 16.6 Å². The molecule has 1 aromatic heterocycles. The second-order valence-corrected chi connectivity index (χ2v) is 4.51. The molecule has 0 amide bonds. The quantitative estimate of drug-likeness (QED) is 0.653. The number of hydrazine groups is 1. The molecular weight excluding hydrogens is 244 g/mol. The molecule has 0 aliphatic heterocycles. The van der Waals surface area contributed by atoms with Crippen molar-refractivity contribution in [1.29, 1.82) is 0 Å². The molecular formula is C11H11F2N3S. The zero-order chi connectivity index (χ0) is 12.4. The van der Waals surface area contributed by atoms with Gasteiger partial charge in [-0.15, -0.1) is 11.3 Å². The molecule has 3 nitrogen and oxygen atoms in total. The lowest BCUT2D eigenvalue weighted by atomic mass is 10.0. The Morgan fingerprint density at radius 3 is 2.76 bits per heavy atom. The number of aromatic nitrogens is 1. The lowest BCUT2D eigenvalue weighted by molar-refractivity contribution is 0.509.